The number of aliphatic hydroxyl groups is 1. The highest BCUT2D eigenvalue weighted by atomic mass is 16.5. The van der Waals surface area contributed by atoms with Crippen molar-refractivity contribution in [3.63, 3.8) is 0 Å². The third kappa shape index (κ3) is 3.02. The van der Waals surface area contributed by atoms with Gasteiger partial charge >= 0.3 is 0 Å². The van der Waals surface area contributed by atoms with Crippen molar-refractivity contribution in [1.82, 2.24) is 4.98 Å². The number of hydrogen-bond donors (Lipinski definition) is 1. The Morgan fingerprint density at radius 2 is 2.00 bits per heavy atom. The van der Waals surface area contributed by atoms with Crippen molar-refractivity contribution >= 4 is 0 Å². The molecule has 2 heterocycles. The SMILES string of the molecule is COc1cncc(-c2cc(C(O)C3CCCCC3)c(C)o2)c1. The van der Waals surface area contributed by atoms with Gasteiger partial charge in [-0.25, -0.2) is 0 Å². The fourth-order valence-electron chi connectivity index (χ4n) is 3.30. The maximum absolute atomic E-state index is 10.7. The topological polar surface area (TPSA) is 55.5 Å². The summed E-state index contributed by atoms with van der Waals surface area (Å²) in [7, 11) is 1.62. The molecule has 0 amide bonds. The molecule has 1 fully saturated rings. The molecule has 3 rings (SSSR count). The van der Waals surface area contributed by atoms with Gasteiger partial charge in [0.15, 0.2) is 0 Å². The molecule has 118 valence electrons. The molecule has 4 heteroatoms. The zero-order valence-corrected chi connectivity index (χ0v) is 13.2. The molecule has 1 unspecified atom stereocenters. The predicted molar refractivity (Wildman–Crippen MR) is 84.8 cm³/mol. The van der Waals surface area contributed by atoms with E-state index in [4.69, 9.17) is 9.15 Å². The Labute approximate surface area is 131 Å². The molecule has 1 N–H and O–H groups in total. The van der Waals surface area contributed by atoms with Gasteiger partial charge in [-0.1, -0.05) is 19.3 Å². The van der Waals surface area contributed by atoms with Crippen LogP contribution >= 0.6 is 0 Å². The van der Waals surface area contributed by atoms with Gasteiger partial charge < -0.3 is 14.3 Å². The molecule has 2 aromatic rings. The second-order valence-electron chi connectivity index (χ2n) is 6.08. The van der Waals surface area contributed by atoms with Gasteiger partial charge in [0.05, 0.1) is 19.4 Å². The maximum Gasteiger partial charge on any atom is 0.137 e. The quantitative estimate of drug-likeness (QED) is 0.916. The first-order chi connectivity index (χ1) is 10.7. The molecule has 1 aliphatic rings. The number of hydrogen-bond acceptors (Lipinski definition) is 4. The van der Waals surface area contributed by atoms with E-state index >= 15 is 0 Å². The highest BCUT2D eigenvalue weighted by Gasteiger charge is 2.26. The lowest BCUT2D eigenvalue weighted by Crippen LogP contribution is -2.16. The van der Waals surface area contributed by atoms with Gasteiger partial charge in [-0.15, -0.1) is 0 Å². The summed E-state index contributed by atoms with van der Waals surface area (Å²) in [5.41, 5.74) is 1.77. The number of aliphatic hydroxyl groups excluding tert-OH is 1. The Bertz CT molecular complexity index is 629. The average Bonchev–Trinajstić information content (AvgIpc) is 2.97. The Hall–Kier alpha value is -1.81. The number of ether oxygens (including phenoxy) is 1. The summed E-state index contributed by atoms with van der Waals surface area (Å²) in [5.74, 6) is 2.56. The number of furan rings is 1. The summed E-state index contributed by atoms with van der Waals surface area (Å²) < 4.78 is 11.1. The summed E-state index contributed by atoms with van der Waals surface area (Å²) in [6.07, 6.45) is 8.89. The van der Waals surface area contributed by atoms with Crippen molar-refractivity contribution in [3.8, 4) is 17.1 Å². The van der Waals surface area contributed by atoms with E-state index in [2.05, 4.69) is 4.98 Å². The minimum Gasteiger partial charge on any atom is -0.495 e. The highest BCUT2D eigenvalue weighted by Crippen LogP contribution is 2.38. The van der Waals surface area contributed by atoms with Crippen molar-refractivity contribution in [2.24, 2.45) is 5.92 Å². The third-order valence-corrected chi connectivity index (χ3v) is 4.60. The minimum absolute atomic E-state index is 0.348. The summed E-state index contributed by atoms with van der Waals surface area (Å²) in [5, 5.41) is 10.7. The predicted octanol–water partition coefficient (Wildman–Crippen LogP) is 4.27. The zero-order valence-electron chi connectivity index (χ0n) is 13.2. The molecule has 0 saturated heterocycles. The first-order valence-electron chi connectivity index (χ1n) is 7.97. The number of pyridine rings is 1. The van der Waals surface area contributed by atoms with Gasteiger partial charge in [-0.05, 0) is 37.8 Å². The van der Waals surface area contributed by atoms with Crippen molar-refractivity contribution < 1.29 is 14.3 Å². The largest absolute Gasteiger partial charge is 0.495 e. The molecule has 2 aromatic heterocycles. The van der Waals surface area contributed by atoms with Crippen molar-refractivity contribution in [3.05, 3.63) is 35.9 Å². The molecule has 1 aliphatic carbocycles. The van der Waals surface area contributed by atoms with Crippen molar-refractivity contribution in [2.75, 3.05) is 7.11 Å². The van der Waals surface area contributed by atoms with Crippen LogP contribution in [0.1, 0.15) is 49.5 Å². The van der Waals surface area contributed by atoms with Crippen LogP contribution in [0.5, 0.6) is 5.75 Å². The number of rotatable bonds is 4. The van der Waals surface area contributed by atoms with Crippen LogP contribution in [0, 0.1) is 12.8 Å². The summed E-state index contributed by atoms with van der Waals surface area (Å²) in [4.78, 5) is 4.16. The van der Waals surface area contributed by atoms with Crippen LogP contribution in [0.2, 0.25) is 0 Å². The van der Waals surface area contributed by atoms with E-state index in [1.807, 2.05) is 19.1 Å². The van der Waals surface area contributed by atoms with Gasteiger partial charge in [0.25, 0.3) is 0 Å². The fraction of sp³-hybridized carbons (Fsp3) is 0.500. The van der Waals surface area contributed by atoms with Crippen LogP contribution in [0.25, 0.3) is 11.3 Å². The Kier molecular flexibility index (Phi) is 4.48. The molecule has 0 spiro atoms. The monoisotopic (exact) mass is 301 g/mol. The van der Waals surface area contributed by atoms with Crippen LogP contribution < -0.4 is 4.74 Å². The lowest BCUT2D eigenvalue weighted by molar-refractivity contribution is 0.0835. The van der Waals surface area contributed by atoms with E-state index in [0.717, 1.165) is 35.5 Å². The fourth-order valence-corrected chi connectivity index (χ4v) is 3.30. The van der Waals surface area contributed by atoms with E-state index in [9.17, 15) is 5.11 Å². The molecule has 22 heavy (non-hydrogen) atoms. The molecule has 0 aromatic carbocycles. The van der Waals surface area contributed by atoms with E-state index in [1.165, 1.54) is 19.3 Å². The van der Waals surface area contributed by atoms with Gasteiger partial charge in [0.1, 0.15) is 17.3 Å². The normalized spacial score (nSPS) is 17.4. The standard InChI is InChI=1S/C18H23NO3/c1-12-16(18(20)13-6-4-3-5-7-13)9-17(22-12)14-8-15(21-2)11-19-10-14/h8-11,13,18,20H,3-7H2,1-2H3. The molecule has 1 atom stereocenters. The van der Waals surface area contributed by atoms with Gasteiger partial charge in [-0.2, -0.15) is 0 Å². The van der Waals surface area contributed by atoms with Crippen LogP contribution in [0.3, 0.4) is 0 Å². The maximum atomic E-state index is 10.7. The molecule has 0 bridgehead atoms. The van der Waals surface area contributed by atoms with Gasteiger partial charge in [0.2, 0.25) is 0 Å². The molecule has 0 aliphatic heterocycles. The third-order valence-electron chi connectivity index (χ3n) is 4.60. The summed E-state index contributed by atoms with van der Waals surface area (Å²) in [6, 6.07) is 3.84. The molecule has 0 radical (unpaired) electrons. The van der Waals surface area contributed by atoms with Crippen molar-refractivity contribution in [1.29, 1.82) is 0 Å². The van der Waals surface area contributed by atoms with Crippen LogP contribution in [0.4, 0.5) is 0 Å². The second-order valence-corrected chi connectivity index (χ2v) is 6.08. The first kappa shape index (κ1) is 15.1. The highest BCUT2D eigenvalue weighted by molar-refractivity contribution is 5.59. The lowest BCUT2D eigenvalue weighted by Gasteiger charge is -2.26. The zero-order chi connectivity index (χ0) is 15.5. The molecular weight excluding hydrogens is 278 g/mol. The summed E-state index contributed by atoms with van der Waals surface area (Å²) >= 11 is 0. The van der Waals surface area contributed by atoms with E-state index < -0.39 is 6.10 Å². The van der Waals surface area contributed by atoms with E-state index in [-0.39, 0.29) is 0 Å². The van der Waals surface area contributed by atoms with Gasteiger partial charge in [-0.3, -0.25) is 4.98 Å². The van der Waals surface area contributed by atoms with E-state index in [1.54, 1.807) is 19.5 Å². The number of aryl methyl sites for hydroxylation is 1. The minimum atomic E-state index is -0.434. The lowest BCUT2D eigenvalue weighted by atomic mass is 9.83. The van der Waals surface area contributed by atoms with E-state index in [0.29, 0.717) is 11.7 Å². The summed E-state index contributed by atoms with van der Waals surface area (Å²) in [6.45, 7) is 1.92. The molecule has 1 saturated carbocycles. The van der Waals surface area contributed by atoms with Crippen molar-refractivity contribution in [2.45, 2.75) is 45.1 Å². The Morgan fingerprint density at radius 3 is 2.73 bits per heavy atom. The Balaban J connectivity index is 1.86. The number of aromatic nitrogens is 1. The average molecular weight is 301 g/mol. The van der Waals surface area contributed by atoms with Crippen LogP contribution in [0.15, 0.2) is 28.9 Å². The Morgan fingerprint density at radius 1 is 1.23 bits per heavy atom. The number of nitrogens with zero attached hydrogens (tertiary/aromatic N) is 1. The number of methoxy groups -OCH3 is 1. The molecular formula is C18H23NO3. The van der Waals surface area contributed by atoms with Gasteiger partial charge in [0, 0.05) is 17.3 Å². The van der Waals surface area contributed by atoms with Crippen LogP contribution in [-0.4, -0.2) is 17.2 Å². The first-order valence-corrected chi connectivity index (χ1v) is 7.97. The second kappa shape index (κ2) is 6.53. The van der Waals surface area contributed by atoms with Crippen LogP contribution in [-0.2, 0) is 0 Å². The molecule has 4 nitrogen and oxygen atoms in total. The smallest absolute Gasteiger partial charge is 0.137 e.